The smallest absolute Gasteiger partial charge is 0.166 e. The third kappa shape index (κ3) is 4.57. The minimum Gasteiger partial charge on any atom is -0.166 e. The fourth-order valence-corrected chi connectivity index (χ4v) is 3.63. The molecule has 0 amide bonds. The second kappa shape index (κ2) is 8.11. The van der Waals surface area contributed by atoms with Crippen LogP contribution in [0.2, 0.25) is 0 Å². The van der Waals surface area contributed by atoms with E-state index in [2.05, 4.69) is 25.1 Å². The Balaban J connectivity index is 1.68. The number of hydrogen-bond acceptors (Lipinski definition) is 0. The summed E-state index contributed by atoms with van der Waals surface area (Å²) >= 11 is 0. The first-order valence-corrected chi connectivity index (χ1v) is 9.44. The van der Waals surface area contributed by atoms with Gasteiger partial charge in [0.25, 0.3) is 0 Å². The number of hydrogen-bond donors (Lipinski definition) is 0. The average Bonchev–Trinajstić information content (AvgIpc) is 2.66. The van der Waals surface area contributed by atoms with Gasteiger partial charge in [-0.15, -0.1) is 0 Å². The molecule has 0 fully saturated rings. The molecule has 0 N–H and O–H groups in total. The van der Waals surface area contributed by atoms with Gasteiger partial charge >= 0.3 is 6.18 Å². The minimum atomic E-state index is -4.29. The van der Waals surface area contributed by atoms with Gasteiger partial charge in [-0.05, 0) is 59.6 Å². The maximum absolute atomic E-state index is 12.7. The molecule has 1 unspecified atom stereocenters. The van der Waals surface area contributed by atoms with Crippen molar-refractivity contribution < 1.29 is 13.2 Å². The van der Waals surface area contributed by atoms with E-state index in [1.165, 1.54) is 49.0 Å². The number of alkyl halides is 3. The fraction of sp³-hybridized carbons (Fsp3) is 0.391. The highest BCUT2D eigenvalue weighted by molar-refractivity contribution is 5.71. The third-order valence-electron chi connectivity index (χ3n) is 5.29. The predicted molar refractivity (Wildman–Crippen MR) is 102 cm³/mol. The molecular weight excluding hydrogens is 333 g/mol. The Hall–Kier alpha value is -2.03. The van der Waals surface area contributed by atoms with Gasteiger partial charge in [0.1, 0.15) is 0 Å². The Morgan fingerprint density at radius 3 is 1.96 bits per heavy atom. The van der Waals surface area contributed by atoms with Crippen LogP contribution >= 0.6 is 0 Å². The van der Waals surface area contributed by atoms with Crippen LogP contribution in [-0.4, -0.2) is 0 Å². The van der Waals surface area contributed by atoms with Gasteiger partial charge in [-0.3, -0.25) is 0 Å². The molecule has 26 heavy (non-hydrogen) atoms. The summed E-state index contributed by atoms with van der Waals surface area (Å²) in [5.41, 5.74) is 3.77. The van der Waals surface area contributed by atoms with E-state index in [1.54, 1.807) is 0 Å². The molecule has 1 aliphatic carbocycles. The van der Waals surface area contributed by atoms with Crippen LogP contribution in [0.3, 0.4) is 0 Å². The number of unbranched alkanes of at least 4 members (excludes halogenated alkanes) is 1. The standard InChI is InChI=1S/C23H25F3/c1-2-3-4-17-5-7-18(8-6-17)19-9-11-20(12-10-19)21-13-15-22(16-14-21)23(24,25)26/h7,9-17H,2-6,8H2,1H3. The summed E-state index contributed by atoms with van der Waals surface area (Å²) in [6.07, 6.45) is 5.53. The normalized spacial score (nSPS) is 17.8. The van der Waals surface area contributed by atoms with Crippen LogP contribution in [0.15, 0.2) is 54.6 Å². The lowest BCUT2D eigenvalue weighted by Crippen LogP contribution is -2.05. The quantitative estimate of drug-likeness (QED) is 0.512. The van der Waals surface area contributed by atoms with Crippen LogP contribution < -0.4 is 0 Å². The second-order valence-electron chi connectivity index (χ2n) is 7.16. The van der Waals surface area contributed by atoms with E-state index >= 15 is 0 Å². The molecular formula is C23H25F3. The second-order valence-corrected chi connectivity index (χ2v) is 7.16. The van der Waals surface area contributed by atoms with Crippen LogP contribution in [0.5, 0.6) is 0 Å². The third-order valence-corrected chi connectivity index (χ3v) is 5.29. The fourth-order valence-electron chi connectivity index (χ4n) is 3.63. The molecule has 2 aromatic rings. The zero-order valence-electron chi connectivity index (χ0n) is 15.2. The lowest BCUT2D eigenvalue weighted by atomic mass is 9.84. The zero-order valence-corrected chi connectivity index (χ0v) is 15.2. The summed E-state index contributed by atoms with van der Waals surface area (Å²) in [5, 5.41) is 0. The van der Waals surface area contributed by atoms with Crippen LogP contribution in [0, 0.1) is 5.92 Å². The van der Waals surface area contributed by atoms with Crippen molar-refractivity contribution in [3.63, 3.8) is 0 Å². The summed E-state index contributed by atoms with van der Waals surface area (Å²) < 4.78 is 38.0. The van der Waals surface area contributed by atoms with Gasteiger partial charge in [-0.1, -0.05) is 68.7 Å². The molecule has 0 spiro atoms. The largest absolute Gasteiger partial charge is 0.416 e. The SMILES string of the molecule is CCCCC1CC=C(c2ccc(-c3ccc(C(F)(F)F)cc3)cc2)CC1. The van der Waals surface area contributed by atoms with Gasteiger partial charge in [0.2, 0.25) is 0 Å². The first-order valence-electron chi connectivity index (χ1n) is 9.44. The maximum atomic E-state index is 12.7. The van der Waals surface area contributed by atoms with Crippen LogP contribution in [-0.2, 0) is 6.18 Å². The van der Waals surface area contributed by atoms with E-state index in [-0.39, 0.29) is 0 Å². The highest BCUT2D eigenvalue weighted by Gasteiger charge is 2.29. The van der Waals surface area contributed by atoms with Crippen LogP contribution in [0.1, 0.15) is 56.6 Å². The van der Waals surface area contributed by atoms with Crippen molar-refractivity contribution in [3.8, 4) is 11.1 Å². The van der Waals surface area contributed by atoms with Crippen molar-refractivity contribution in [1.29, 1.82) is 0 Å². The Morgan fingerprint density at radius 2 is 1.46 bits per heavy atom. The first kappa shape index (κ1) is 18.8. The molecule has 1 atom stereocenters. The molecule has 3 heteroatoms. The van der Waals surface area contributed by atoms with Crippen molar-refractivity contribution in [2.24, 2.45) is 5.92 Å². The van der Waals surface area contributed by atoms with E-state index in [1.807, 2.05) is 12.1 Å². The monoisotopic (exact) mass is 358 g/mol. The molecule has 0 bridgehead atoms. The van der Waals surface area contributed by atoms with Crippen LogP contribution in [0.25, 0.3) is 16.7 Å². The topological polar surface area (TPSA) is 0 Å². The lowest BCUT2D eigenvalue weighted by Gasteiger charge is -2.22. The molecule has 0 aliphatic heterocycles. The Bertz CT molecular complexity index is 737. The van der Waals surface area contributed by atoms with Crippen molar-refractivity contribution >= 4 is 5.57 Å². The molecule has 138 valence electrons. The van der Waals surface area contributed by atoms with Crippen molar-refractivity contribution in [2.45, 2.75) is 51.6 Å². The molecule has 0 nitrogen and oxygen atoms in total. The zero-order chi connectivity index (χ0) is 18.6. The number of halogens is 3. The Kier molecular flexibility index (Phi) is 5.85. The molecule has 1 aliphatic rings. The van der Waals surface area contributed by atoms with Gasteiger partial charge in [0.15, 0.2) is 0 Å². The summed E-state index contributed by atoms with van der Waals surface area (Å²) in [6, 6.07) is 13.5. The molecule has 3 rings (SSSR count). The highest BCUT2D eigenvalue weighted by atomic mass is 19.4. The highest BCUT2D eigenvalue weighted by Crippen LogP contribution is 2.34. The molecule has 0 saturated heterocycles. The molecule has 2 aromatic carbocycles. The van der Waals surface area contributed by atoms with Gasteiger partial charge < -0.3 is 0 Å². The summed E-state index contributed by atoms with van der Waals surface area (Å²) in [6.45, 7) is 2.24. The minimum absolute atomic E-state index is 0.608. The van der Waals surface area contributed by atoms with Crippen molar-refractivity contribution in [2.75, 3.05) is 0 Å². The number of rotatable bonds is 5. The predicted octanol–water partition coefficient (Wildman–Crippen LogP) is 7.75. The molecule has 0 heterocycles. The van der Waals surface area contributed by atoms with E-state index in [0.717, 1.165) is 42.0 Å². The van der Waals surface area contributed by atoms with E-state index in [0.29, 0.717) is 0 Å². The first-order chi connectivity index (χ1) is 12.5. The van der Waals surface area contributed by atoms with E-state index in [9.17, 15) is 13.2 Å². The molecule has 0 aromatic heterocycles. The number of allylic oxidation sites excluding steroid dienone is 2. The lowest BCUT2D eigenvalue weighted by molar-refractivity contribution is -0.137. The van der Waals surface area contributed by atoms with E-state index < -0.39 is 11.7 Å². The van der Waals surface area contributed by atoms with Gasteiger partial charge in [0, 0.05) is 0 Å². The number of benzene rings is 2. The van der Waals surface area contributed by atoms with Crippen molar-refractivity contribution in [3.05, 3.63) is 65.7 Å². The Labute approximate surface area is 153 Å². The van der Waals surface area contributed by atoms with Crippen molar-refractivity contribution in [1.82, 2.24) is 0 Å². The summed E-state index contributed by atoms with van der Waals surface area (Å²) in [5.74, 6) is 0.824. The van der Waals surface area contributed by atoms with E-state index in [4.69, 9.17) is 0 Å². The van der Waals surface area contributed by atoms with Crippen LogP contribution in [0.4, 0.5) is 13.2 Å². The van der Waals surface area contributed by atoms with Gasteiger partial charge in [-0.2, -0.15) is 13.2 Å². The summed E-state index contributed by atoms with van der Waals surface area (Å²) in [4.78, 5) is 0. The van der Waals surface area contributed by atoms with Gasteiger partial charge in [-0.25, -0.2) is 0 Å². The Morgan fingerprint density at radius 1 is 0.885 bits per heavy atom. The average molecular weight is 358 g/mol. The van der Waals surface area contributed by atoms with Gasteiger partial charge in [0.05, 0.1) is 5.56 Å². The summed E-state index contributed by atoms with van der Waals surface area (Å²) in [7, 11) is 0. The molecule has 0 radical (unpaired) electrons. The maximum Gasteiger partial charge on any atom is 0.416 e. The molecule has 0 saturated carbocycles.